The Hall–Kier alpha value is -2.40. The summed E-state index contributed by atoms with van der Waals surface area (Å²) in [5.41, 5.74) is 2.66. The van der Waals surface area contributed by atoms with E-state index in [1.807, 2.05) is 25.5 Å². The van der Waals surface area contributed by atoms with Gasteiger partial charge in [-0.25, -0.2) is 9.78 Å². The highest BCUT2D eigenvalue weighted by Gasteiger charge is 2.27. The van der Waals surface area contributed by atoms with Crippen LogP contribution < -0.4 is 5.63 Å². The normalized spacial score (nSPS) is 18.2. The van der Waals surface area contributed by atoms with Gasteiger partial charge >= 0.3 is 5.63 Å². The first-order chi connectivity index (χ1) is 12.1. The van der Waals surface area contributed by atoms with Crippen molar-refractivity contribution in [3.8, 4) is 0 Å². The molecule has 25 heavy (non-hydrogen) atoms. The number of aryl methyl sites for hydroxylation is 2. The summed E-state index contributed by atoms with van der Waals surface area (Å²) in [6, 6.07) is 7.83. The molecule has 1 saturated heterocycles. The van der Waals surface area contributed by atoms with Gasteiger partial charge in [0, 0.05) is 49.9 Å². The predicted octanol–water partition coefficient (Wildman–Crippen LogP) is 3.08. The van der Waals surface area contributed by atoms with Gasteiger partial charge in [0.2, 0.25) is 0 Å². The van der Waals surface area contributed by atoms with E-state index in [9.17, 15) is 4.79 Å². The minimum absolute atomic E-state index is 0.268. The molecule has 0 bridgehead atoms. The van der Waals surface area contributed by atoms with Crippen LogP contribution in [0, 0.1) is 0 Å². The van der Waals surface area contributed by atoms with Crippen LogP contribution in [0.25, 0.3) is 11.0 Å². The number of benzene rings is 1. The molecule has 0 saturated carbocycles. The lowest BCUT2D eigenvalue weighted by molar-refractivity contribution is 0.325. The van der Waals surface area contributed by atoms with Gasteiger partial charge in [0.05, 0.1) is 0 Å². The molecule has 5 heteroatoms. The zero-order valence-corrected chi connectivity index (χ0v) is 14.7. The lowest BCUT2D eigenvalue weighted by Gasteiger charge is -2.17. The second kappa shape index (κ2) is 6.48. The zero-order chi connectivity index (χ0) is 17.4. The van der Waals surface area contributed by atoms with Gasteiger partial charge in [-0.15, -0.1) is 0 Å². The lowest BCUT2D eigenvalue weighted by atomic mass is 10.1. The number of likely N-dealkylation sites (tertiary alicyclic amines) is 1. The third kappa shape index (κ3) is 3.12. The Morgan fingerprint density at radius 2 is 2.20 bits per heavy atom. The van der Waals surface area contributed by atoms with Gasteiger partial charge in [0.15, 0.2) is 0 Å². The Morgan fingerprint density at radius 3 is 2.96 bits per heavy atom. The number of hydrogen-bond donors (Lipinski definition) is 0. The van der Waals surface area contributed by atoms with Crippen molar-refractivity contribution in [1.82, 2.24) is 14.5 Å². The molecule has 0 amide bonds. The molecule has 0 spiro atoms. The highest BCUT2D eigenvalue weighted by atomic mass is 16.4. The predicted molar refractivity (Wildman–Crippen MR) is 97.7 cm³/mol. The van der Waals surface area contributed by atoms with Gasteiger partial charge in [-0.05, 0) is 36.6 Å². The van der Waals surface area contributed by atoms with E-state index in [1.54, 1.807) is 6.07 Å². The molecule has 0 N–H and O–H groups in total. The Kier molecular flexibility index (Phi) is 4.17. The van der Waals surface area contributed by atoms with E-state index in [4.69, 9.17) is 4.42 Å². The van der Waals surface area contributed by atoms with E-state index < -0.39 is 0 Å². The Morgan fingerprint density at radius 1 is 1.32 bits per heavy atom. The number of imidazole rings is 1. The number of aromatic nitrogens is 2. The standard InChI is InChI=1S/C20H23N3O2/c1-3-14-4-5-17-16(11-19(24)25-18(17)10-14)13-23-8-6-15(12-23)20-21-7-9-22(20)2/h4-5,7,9-11,15H,3,6,8,12-13H2,1-2H3/t15-/m1/s1. The monoisotopic (exact) mass is 337 g/mol. The zero-order valence-electron chi connectivity index (χ0n) is 14.7. The van der Waals surface area contributed by atoms with Crippen molar-refractivity contribution in [3.05, 3.63) is 64.0 Å². The number of rotatable bonds is 4. The molecule has 5 nitrogen and oxygen atoms in total. The Bertz CT molecular complexity index is 957. The van der Waals surface area contributed by atoms with Crippen molar-refractivity contribution >= 4 is 11.0 Å². The van der Waals surface area contributed by atoms with Crippen LogP contribution in [0.15, 0.2) is 45.9 Å². The van der Waals surface area contributed by atoms with Gasteiger partial charge in [-0.2, -0.15) is 0 Å². The third-order valence-corrected chi connectivity index (χ3v) is 5.19. The van der Waals surface area contributed by atoms with Gasteiger partial charge in [-0.1, -0.05) is 19.1 Å². The summed E-state index contributed by atoms with van der Waals surface area (Å²) in [4.78, 5) is 18.9. The van der Waals surface area contributed by atoms with Crippen molar-refractivity contribution in [2.75, 3.05) is 13.1 Å². The Labute approximate surface area is 146 Å². The average Bonchev–Trinajstić information content (AvgIpc) is 3.22. The molecule has 3 aromatic rings. The van der Waals surface area contributed by atoms with Crippen molar-refractivity contribution in [2.45, 2.75) is 32.2 Å². The highest BCUT2D eigenvalue weighted by molar-refractivity contribution is 5.80. The van der Waals surface area contributed by atoms with Gasteiger partial charge in [0.1, 0.15) is 11.4 Å². The molecule has 1 aliphatic rings. The van der Waals surface area contributed by atoms with E-state index in [0.717, 1.165) is 49.2 Å². The minimum Gasteiger partial charge on any atom is -0.423 e. The second-order valence-electron chi connectivity index (χ2n) is 6.89. The van der Waals surface area contributed by atoms with Crippen molar-refractivity contribution < 1.29 is 4.42 Å². The maximum Gasteiger partial charge on any atom is 0.336 e. The van der Waals surface area contributed by atoms with Crippen LogP contribution in [-0.2, 0) is 20.0 Å². The SMILES string of the molecule is CCc1ccc2c(CN3CC[C@@H](c4nccn4C)C3)cc(=O)oc2c1. The fourth-order valence-electron chi connectivity index (χ4n) is 3.82. The molecule has 3 heterocycles. The average molecular weight is 337 g/mol. The number of fused-ring (bicyclic) bond motifs is 1. The fraction of sp³-hybridized carbons (Fsp3) is 0.400. The first-order valence-electron chi connectivity index (χ1n) is 8.89. The Balaban J connectivity index is 1.59. The fourth-order valence-corrected chi connectivity index (χ4v) is 3.82. The molecule has 2 aromatic heterocycles. The highest BCUT2D eigenvalue weighted by Crippen LogP contribution is 2.28. The van der Waals surface area contributed by atoms with Crippen LogP contribution in [0.3, 0.4) is 0 Å². The summed E-state index contributed by atoms with van der Waals surface area (Å²) < 4.78 is 7.52. The van der Waals surface area contributed by atoms with Crippen molar-refractivity contribution in [2.24, 2.45) is 7.05 Å². The lowest BCUT2D eigenvalue weighted by Crippen LogP contribution is -2.21. The molecular formula is C20H23N3O2. The van der Waals surface area contributed by atoms with E-state index >= 15 is 0 Å². The van der Waals surface area contributed by atoms with Gasteiger partial charge < -0.3 is 8.98 Å². The molecule has 1 atom stereocenters. The van der Waals surface area contributed by atoms with Crippen LogP contribution in [0.1, 0.15) is 36.2 Å². The van der Waals surface area contributed by atoms with E-state index in [0.29, 0.717) is 11.5 Å². The molecule has 0 radical (unpaired) electrons. The summed E-state index contributed by atoms with van der Waals surface area (Å²) in [5.74, 6) is 1.60. The summed E-state index contributed by atoms with van der Waals surface area (Å²) in [6.07, 6.45) is 5.89. The van der Waals surface area contributed by atoms with Crippen molar-refractivity contribution in [3.63, 3.8) is 0 Å². The molecule has 1 aliphatic heterocycles. The van der Waals surface area contributed by atoms with Crippen molar-refractivity contribution in [1.29, 1.82) is 0 Å². The maximum absolute atomic E-state index is 12.0. The molecular weight excluding hydrogens is 314 g/mol. The molecule has 4 rings (SSSR count). The van der Waals surface area contributed by atoms with Crippen LogP contribution in [-0.4, -0.2) is 27.5 Å². The third-order valence-electron chi connectivity index (χ3n) is 5.19. The number of hydrogen-bond acceptors (Lipinski definition) is 4. The molecule has 1 fully saturated rings. The maximum atomic E-state index is 12.0. The van der Waals surface area contributed by atoms with Crippen LogP contribution in [0.4, 0.5) is 0 Å². The van der Waals surface area contributed by atoms with Crippen LogP contribution in [0.2, 0.25) is 0 Å². The van der Waals surface area contributed by atoms with Crippen LogP contribution in [0.5, 0.6) is 0 Å². The summed E-state index contributed by atoms with van der Waals surface area (Å²) >= 11 is 0. The van der Waals surface area contributed by atoms with Crippen LogP contribution >= 0.6 is 0 Å². The van der Waals surface area contributed by atoms with E-state index in [2.05, 4.69) is 33.5 Å². The van der Waals surface area contributed by atoms with Gasteiger partial charge in [0.25, 0.3) is 0 Å². The molecule has 0 unspecified atom stereocenters. The minimum atomic E-state index is -0.268. The van der Waals surface area contributed by atoms with Gasteiger partial charge in [-0.3, -0.25) is 4.90 Å². The summed E-state index contributed by atoms with van der Waals surface area (Å²) in [7, 11) is 2.05. The first kappa shape index (κ1) is 16.1. The van der Waals surface area contributed by atoms with E-state index in [-0.39, 0.29) is 5.63 Å². The topological polar surface area (TPSA) is 51.3 Å². The molecule has 1 aromatic carbocycles. The molecule has 130 valence electrons. The summed E-state index contributed by atoms with van der Waals surface area (Å²) in [6.45, 7) is 4.87. The summed E-state index contributed by atoms with van der Waals surface area (Å²) in [5, 5.41) is 1.04. The second-order valence-corrected chi connectivity index (χ2v) is 6.89. The quantitative estimate of drug-likeness (QED) is 0.687. The number of nitrogens with zero attached hydrogens (tertiary/aromatic N) is 3. The first-order valence-corrected chi connectivity index (χ1v) is 8.89. The smallest absolute Gasteiger partial charge is 0.336 e. The largest absolute Gasteiger partial charge is 0.423 e. The van der Waals surface area contributed by atoms with E-state index in [1.165, 1.54) is 5.56 Å². The molecule has 0 aliphatic carbocycles.